The van der Waals surface area contributed by atoms with Gasteiger partial charge in [0.1, 0.15) is 5.82 Å². The number of nitrogens with zero attached hydrogens (tertiary/aromatic N) is 3. The molecule has 0 aliphatic heterocycles. The molecule has 0 atom stereocenters. The molecule has 2 heterocycles. The second-order valence-corrected chi connectivity index (χ2v) is 4.23. The third-order valence-electron chi connectivity index (χ3n) is 3.06. The highest BCUT2D eigenvalue weighted by Crippen LogP contribution is 2.27. The van der Waals surface area contributed by atoms with E-state index < -0.39 is 0 Å². The van der Waals surface area contributed by atoms with Gasteiger partial charge in [0.2, 0.25) is 5.65 Å². The number of hydrogen-bond acceptors (Lipinski definition) is 3. The van der Waals surface area contributed by atoms with Crippen LogP contribution in [0.1, 0.15) is 5.56 Å². The molecule has 0 saturated heterocycles. The molecule has 19 heavy (non-hydrogen) atoms. The number of aromatic nitrogens is 3. The summed E-state index contributed by atoms with van der Waals surface area (Å²) < 4.78 is 20.4. The number of rotatable bonds is 2. The van der Waals surface area contributed by atoms with Crippen molar-refractivity contribution < 1.29 is 9.13 Å². The average Bonchev–Trinajstić information content (AvgIpc) is 2.85. The number of benzene rings is 1. The Hall–Kier alpha value is -2.43. The Labute approximate surface area is 109 Å². The molecule has 1 aromatic carbocycles. The lowest BCUT2D eigenvalue weighted by atomic mass is 10.1. The van der Waals surface area contributed by atoms with Gasteiger partial charge in [0.15, 0.2) is 0 Å². The van der Waals surface area contributed by atoms with E-state index in [1.54, 1.807) is 31.8 Å². The van der Waals surface area contributed by atoms with Gasteiger partial charge < -0.3 is 4.74 Å². The minimum absolute atomic E-state index is 0.267. The first-order valence-electron chi connectivity index (χ1n) is 5.83. The van der Waals surface area contributed by atoms with Crippen LogP contribution in [0, 0.1) is 12.7 Å². The van der Waals surface area contributed by atoms with Crippen molar-refractivity contribution in [2.75, 3.05) is 7.11 Å². The maximum Gasteiger partial charge on any atom is 0.258 e. The number of methoxy groups -OCH3 is 1. The Morgan fingerprint density at radius 1 is 1.26 bits per heavy atom. The molecule has 0 aliphatic rings. The molecule has 3 rings (SSSR count). The summed E-state index contributed by atoms with van der Waals surface area (Å²) in [6.45, 7) is 1.94. The van der Waals surface area contributed by atoms with Crippen molar-refractivity contribution in [2.45, 2.75) is 6.92 Å². The Bertz CT molecular complexity index is 752. The number of imidazole rings is 1. The summed E-state index contributed by atoms with van der Waals surface area (Å²) in [7, 11) is 1.55. The normalized spacial score (nSPS) is 10.9. The van der Waals surface area contributed by atoms with Crippen LogP contribution in [0.4, 0.5) is 4.39 Å². The summed E-state index contributed by atoms with van der Waals surface area (Å²) in [5.74, 6) is 0.180. The van der Waals surface area contributed by atoms with Crippen LogP contribution in [0.15, 0.2) is 36.8 Å². The molecular weight excluding hydrogens is 245 g/mol. The number of aryl methyl sites for hydroxylation is 1. The van der Waals surface area contributed by atoms with Gasteiger partial charge in [0.25, 0.3) is 5.88 Å². The fourth-order valence-corrected chi connectivity index (χ4v) is 2.11. The second-order valence-electron chi connectivity index (χ2n) is 4.23. The van der Waals surface area contributed by atoms with E-state index >= 15 is 0 Å². The molecule has 0 radical (unpaired) electrons. The quantitative estimate of drug-likeness (QED) is 0.708. The molecule has 0 saturated carbocycles. The second kappa shape index (κ2) is 4.35. The van der Waals surface area contributed by atoms with E-state index in [4.69, 9.17) is 4.74 Å². The average molecular weight is 257 g/mol. The Morgan fingerprint density at radius 3 is 2.89 bits per heavy atom. The predicted octanol–water partition coefficient (Wildman–Crippen LogP) is 2.85. The molecule has 3 aromatic rings. The van der Waals surface area contributed by atoms with Gasteiger partial charge in [-0.2, -0.15) is 0 Å². The summed E-state index contributed by atoms with van der Waals surface area (Å²) in [4.78, 5) is 8.38. The van der Waals surface area contributed by atoms with E-state index in [1.165, 1.54) is 12.1 Å². The van der Waals surface area contributed by atoms with E-state index in [-0.39, 0.29) is 5.82 Å². The van der Waals surface area contributed by atoms with Gasteiger partial charge in [-0.1, -0.05) is 6.07 Å². The minimum Gasteiger partial charge on any atom is -0.478 e. The van der Waals surface area contributed by atoms with Gasteiger partial charge in [-0.05, 0) is 24.6 Å². The molecule has 2 aromatic heterocycles. The van der Waals surface area contributed by atoms with Crippen molar-refractivity contribution in [1.82, 2.24) is 14.4 Å². The topological polar surface area (TPSA) is 39.4 Å². The van der Waals surface area contributed by atoms with Crippen LogP contribution in [-0.4, -0.2) is 21.5 Å². The highest BCUT2D eigenvalue weighted by Gasteiger charge is 2.12. The molecule has 0 spiro atoms. The van der Waals surface area contributed by atoms with Gasteiger partial charge in [-0.15, -0.1) is 0 Å². The van der Waals surface area contributed by atoms with E-state index in [2.05, 4.69) is 9.97 Å². The zero-order valence-corrected chi connectivity index (χ0v) is 10.6. The van der Waals surface area contributed by atoms with Crippen LogP contribution in [0.5, 0.6) is 5.88 Å². The zero-order valence-electron chi connectivity index (χ0n) is 10.6. The summed E-state index contributed by atoms with van der Waals surface area (Å²) in [5, 5.41) is 0. The van der Waals surface area contributed by atoms with Crippen molar-refractivity contribution in [2.24, 2.45) is 0 Å². The SMILES string of the molecule is COc1nccn2c(-c3cc(F)ccc3C)cnc12. The van der Waals surface area contributed by atoms with Crippen LogP contribution in [0.2, 0.25) is 0 Å². The standard InChI is InChI=1S/C14H12FN3O/c1-9-3-4-10(15)7-11(9)12-8-17-13-14(19-2)16-5-6-18(12)13/h3-8H,1-2H3. The lowest BCUT2D eigenvalue weighted by Crippen LogP contribution is -1.95. The van der Waals surface area contributed by atoms with Crippen molar-refractivity contribution in [3.8, 4) is 17.1 Å². The summed E-state index contributed by atoms with van der Waals surface area (Å²) in [6, 6.07) is 4.71. The van der Waals surface area contributed by atoms with Gasteiger partial charge in [-0.3, -0.25) is 4.40 Å². The molecule has 5 heteroatoms. The Balaban J connectivity index is 2.29. The minimum atomic E-state index is -0.267. The summed E-state index contributed by atoms with van der Waals surface area (Å²) in [6.07, 6.45) is 5.11. The molecule has 0 bridgehead atoms. The molecule has 0 amide bonds. The molecule has 0 fully saturated rings. The van der Waals surface area contributed by atoms with Crippen molar-refractivity contribution in [3.63, 3.8) is 0 Å². The molecule has 0 unspecified atom stereocenters. The van der Waals surface area contributed by atoms with Crippen molar-refractivity contribution in [3.05, 3.63) is 48.2 Å². The highest BCUT2D eigenvalue weighted by atomic mass is 19.1. The largest absolute Gasteiger partial charge is 0.478 e. The first-order valence-corrected chi connectivity index (χ1v) is 5.83. The van der Waals surface area contributed by atoms with Crippen LogP contribution in [-0.2, 0) is 0 Å². The van der Waals surface area contributed by atoms with Crippen LogP contribution < -0.4 is 4.74 Å². The molecule has 4 nitrogen and oxygen atoms in total. The monoisotopic (exact) mass is 257 g/mol. The third-order valence-corrected chi connectivity index (χ3v) is 3.06. The molecular formula is C14H12FN3O. The van der Waals surface area contributed by atoms with Gasteiger partial charge >= 0.3 is 0 Å². The number of ether oxygens (including phenoxy) is 1. The molecule has 0 N–H and O–H groups in total. The number of hydrogen-bond donors (Lipinski definition) is 0. The van der Waals surface area contributed by atoms with E-state index in [9.17, 15) is 4.39 Å². The Morgan fingerprint density at radius 2 is 2.11 bits per heavy atom. The number of halogens is 1. The van der Waals surface area contributed by atoms with Gasteiger partial charge in [-0.25, -0.2) is 14.4 Å². The van der Waals surface area contributed by atoms with Crippen LogP contribution in [0.3, 0.4) is 0 Å². The Kier molecular flexibility index (Phi) is 2.67. The predicted molar refractivity (Wildman–Crippen MR) is 69.7 cm³/mol. The first-order chi connectivity index (χ1) is 9.20. The fraction of sp³-hybridized carbons (Fsp3) is 0.143. The maximum absolute atomic E-state index is 13.4. The van der Waals surface area contributed by atoms with E-state index in [0.717, 1.165) is 16.8 Å². The smallest absolute Gasteiger partial charge is 0.258 e. The summed E-state index contributed by atoms with van der Waals surface area (Å²) in [5.41, 5.74) is 3.22. The van der Waals surface area contributed by atoms with Crippen LogP contribution in [0.25, 0.3) is 16.9 Å². The zero-order chi connectivity index (χ0) is 13.4. The van der Waals surface area contributed by atoms with E-state index in [1.807, 2.05) is 11.3 Å². The highest BCUT2D eigenvalue weighted by molar-refractivity contribution is 5.68. The van der Waals surface area contributed by atoms with Crippen molar-refractivity contribution in [1.29, 1.82) is 0 Å². The van der Waals surface area contributed by atoms with Gasteiger partial charge in [0.05, 0.1) is 19.0 Å². The van der Waals surface area contributed by atoms with E-state index in [0.29, 0.717) is 11.5 Å². The lowest BCUT2D eigenvalue weighted by molar-refractivity contribution is 0.400. The number of fused-ring (bicyclic) bond motifs is 1. The van der Waals surface area contributed by atoms with Crippen LogP contribution >= 0.6 is 0 Å². The first kappa shape index (κ1) is 11.6. The lowest BCUT2D eigenvalue weighted by Gasteiger charge is -2.06. The third kappa shape index (κ3) is 1.83. The molecule has 96 valence electrons. The van der Waals surface area contributed by atoms with Crippen molar-refractivity contribution >= 4 is 5.65 Å². The maximum atomic E-state index is 13.4. The fourth-order valence-electron chi connectivity index (χ4n) is 2.11. The molecule has 0 aliphatic carbocycles. The summed E-state index contributed by atoms with van der Waals surface area (Å²) >= 11 is 0. The van der Waals surface area contributed by atoms with Gasteiger partial charge in [0, 0.05) is 18.0 Å².